The Morgan fingerprint density at radius 2 is 2.08 bits per heavy atom. The lowest BCUT2D eigenvalue weighted by molar-refractivity contribution is -0.111. The fourth-order valence-corrected chi connectivity index (χ4v) is 1.66. The molecule has 0 radical (unpaired) electrons. The van der Waals surface area contributed by atoms with Crippen LogP contribution in [0.1, 0.15) is 18.1 Å². The molecule has 1 aromatic carbocycles. The molecule has 1 rings (SSSR count). The zero-order valence-corrected chi connectivity index (χ0v) is 9.63. The maximum absolute atomic E-state index is 10.9. The van der Waals surface area contributed by atoms with Crippen LogP contribution in [0.2, 0.25) is 0 Å². The molecule has 1 nitrogen and oxygen atoms in total. The van der Waals surface area contributed by atoms with Gasteiger partial charge in [-0.2, -0.15) is 0 Å². The van der Waals surface area contributed by atoms with E-state index in [-0.39, 0.29) is 0 Å². The van der Waals surface area contributed by atoms with Crippen molar-refractivity contribution in [3.63, 3.8) is 0 Å². The third-order valence-corrected chi connectivity index (χ3v) is 2.21. The number of carbonyl (C=O) groups is 1. The van der Waals surface area contributed by atoms with Gasteiger partial charge in [0.05, 0.1) is 10.2 Å². The molecular weight excluding hydrogens is 164 g/mol. The van der Waals surface area contributed by atoms with Crippen LogP contribution < -0.4 is 0 Å². The molecule has 0 aliphatic rings. The first-order chi connectivity index (χ1) is 5.72. The van der Waals surface area contributed by atoms with E-state index in [2.05, 4.69) is 19.1 Å². The monoisotopic (exact) mass is 178 g/mol. The first-order valence-corrected chi connectivity index (χ1v) is 5.29. The molecule has 0 fully saturated rings. The minimum absolute atomic E-state index is 0.364. The molecule has 1 aromatic rings. The van der Waals surface area contributed by atoms with Crippen molar-refractivity contribution in [2.24, 2.45) is 0 Å². The molecule has 64 valence electrons. The Morgan fingerprint density at radius 1 is 1.42 bits per heavy atom. The fraction of sp³-hybridized carbons (Fsp3) is 0.300. The molecule has 0 heterocycles. The van der Waals surface area contributed by atoms with Gasteiger partial charge in [0.2, 0.25) is 0 Å². The van der Waals surface area contributed by atoms with Crippen molar-refractivity contribution in [3.8, 4) is 0 Å². The summed E-state index contributed by atoms with van der Waals surface area (Å²) in [7, 11) is 0.664. The topological polar surface area (TPSA) is 17.1 Å². The van der Waals surface area contributed by atoms with E-state index in [1.165, 1.54) is 5.56 Å². The van der Waals surface area contributed by atoms with Crippen molar-refractivity contribution in [2.45, 2.75) is 19.8 Å². The van der Waals surface area contributed by atoms with Gasteiger partial charge in [-0.05, 0) is 17.5 Å². The van der Waals surface area contributed by atoms with E-state index in [4.69, 9.17) is 0 Å². The van der Waals surface area contributed by atoms with Crippen molar-refractivity contribution in [1.82, 2.24) is 0 Å². The molecule has 2 heteroatoms. The van der Waals surface area contributed by atoms with Gasteiger partial charge < -0.3 is 4.79 Å². The third-order valence-electron chi connectivity index (χ3n) is 1.85. The second-order valence-electron chi connectivity index (χ2n) is 3.05. The van der Waals surface area contributed by atoms with Gasteiger partial charge >= 0.3 is 0 Å². The average molecular weight is 178 g/mol. The van der Waals surface area contributed by atoms with E-state index in [1.54, 1.807) is 0 Å². The van der Waals surface area contributed by atoms with E-state index < -0.39 is 0 Å². The number of rotatable bonds is 3. The highest BCUT2D eigenvalue weighted by molar-refractivity contribution is 6.57. The molecule has 0 aliphatic heterocycles. The molecular formula is C10H14OSi. The summed E-state index contributed by atoms with van der Waals surface area (Å²) in [5.41, 5.74) is 2.48. The summed E-state index contributed by atoms with van der Waals surface area (Å²) in [5.74, 6) is 0. The maximum Gasteiger partial charge on any atom is 0.105 e. The standard InChI is InChI=1S/C10H14OSi/c1-2-8-4-3-5-9(6-8)7-10(11)12/h3-6H,2,7H2,1,12H3. The van der Waals surface area contributed by atoms with Crippen LogP contribution in [0.3, 0.4) is 0 Å². The van der Waals surface area contributed by atoms with Crippen molar-refractivity contribution in [1.29, 1.82) is 0 Å². The van der Waals surface area contributed by atoms with Crippen LogP contribution in [-0.4, -0.2) is 15.6 Å². The molecule has 0 saturated carbocycles. The van der Waals surface area contributed by atoms with Gasteiger partial charge in [0.25, 0.3) is 0 Å². The largest absolute Gasteiger partial charge is 0.306 e. The molecule has 0 saturated heterocycles. The second-order valence-corrected chi connectivity index (χ2v) is 4.17. The predicted octanol–water partition coefficient (Wildman–Crippen LogP) is 0.683. The molecule has 12 heavy (non-hydrogen) atoms. The second kappa shape index (κ2) is 4.21. The maximum atomic E-state index is 10.9. The van der Waals surface area contributed by atoms with Gasteiger partial charge in [-0.3, -0.25) is 0 Å². The highest BCUT2D eigenvalue weighted by atomic mass is 28.1. The Morgan fingerprint density at radius 3 is 2.67 bits per heavy atom. The number of hydrogen-bond donors (Lipinski definition) is 0. The Hall–Kier alpha value is -0.893. The first-order valence-electron chi connectivity index (χ1n) is 4.29. The molecule has 0 N–H and O–H groups in total. The van der Waals surface area contributed by atoms with Gasteiger partial charge in [0, 0.05) is 6.42 Å². The smallest absolute Gasteiger partial charge is 0.105 e. The summed E-state index contributed by atoms with van der Waals surface area (Å²) in [6, 6.07) is 8.27. The number of benzene rings is 1. The minimum Gasteiger partial charge on any atom is -0.306 e. The van der Waals surface area contributed by atoms with Gasteiger partial charge in [-0.15, -0.1) is 0 Å². The lowest BCUT2D eigenvalue weighted by Crippen LogP contribution is -2.01. The average Bonchev–Trinajstić information content (AvgIpc) is 2.03. The first kappa shape index (κ1) is 9.20. The highest BCUT2D eigenvalue weighted by Gasteiger charge is 1.97. The van der Waals surface area contributed by atoms with Crippen LogP contribution in [-0.2, 0) is 17.6 Å². The predicted molar refractivity (Wildman–Crippen MR) is 54.5 cm³/mol. The molecule has 0 aliphatic carbocycles. The van der Waals surface area contributed by atoms with Crippen LogP contribution in [0.5, 0.6) is 0 Å². The molecule has 0 spiro atoms. The van der Waals surface area contributed by atoms with Crippen molar-refractivity contribution in [3.05, 3.63) is 35.4 Å². The summed E-state index contributed by atoms with van der Waals surface area (Å²) in [6.45, 7) is 2.13. The van der Waals surface area contributed by atoms with Crippen LogP contribution in [0.15, 0.2) is 24.3 Å². The number of aryl methyl sites for hydroxylation is 1. The van der Waals surface area contributed by atoms with E-state index in [0.717, 1.165) is 12.0 Å². The van der Waals surface area contributed by atoms with E-state index >= 15 is 0 Å². The minimum atomic E-state index is 0.364. The van der Waals surface area contributed by atoms with Crippen LogP contribution in [0, 0.1) is 0 Å². The van der Waals surface area contributed by atoms with E-state index in [9.17, 15) is 4.79 Å². The number of hydrogen-bond acceptors (Lipinski definition) is 1. The summed E-state index contributed by atoms with van der Waals surface area (Å²) >= 11 is 0. The van der Waals surface area contributed by atoms with Gasteiger partial charge in [-0.1, -0.05) is 31.2 Å². The Kier molecular flexibility index (Phi) is 3.23. The summed E-state index contributed by atoms with van der Waals surface area (Å²) < 4.78 is 0. The van der Waals surface area contributed by atoms with E-state index in [1.807, 2.05) is 12.1 Å². The zero-order chi connectivity index (χ0) is 8.97. The lowest BCUT2D eigenvalue weighted by atomic mass is 10.1. The lowest BCUT2D eigenvalue weighted by Gasteiger charge is -2.00. The third kappa shape index (κ3) is 2.62. The highest BCUT2D eigenvalue weighted by Crippen LogP contribution is 2.06. The summed E-state index contributed by atoms with van der Waals surface area (Å²) in [6.07, 6.45) is 1.67. The molecule has 0 bridgehead atoms. The van der Waals surface area contributed by atoms with Crippen molar-refractivity contribution >= 4 is 15.6 Å². The fourth-order valence-electron chi connectivity index (χ4n) is 1.25. The molecule has 0 unspecified atom stereocenters. The van der Waals surface area contributed by atoms with Crippen molar-refractivity contribution < 1.29 is 4.79 Å². The Balaban J connectivity index is 2.79. The van der Waals surface area contributed by atoms with Crippen LogP contribution >= 0.6 is 0 Å². The Bertz CT molecular complexity index is 281. The van der Waals surface area contributed by atoms with E-state index in [0.29, 0.717) is 22.1 Å². The van der Waals surface area contributed by atoms with Gasteiger partial charge in [-0.25, -0.2) is 0 Å². The van der Waals surface area contributed by atoms with Gasteiger partial charge in [0.15, 0.2) is 0 Å². The zero-order valence-electron chi connectivity index (χ0n) is 7.63. The van der Waals surface area contributed by atoms with Crippen LogP contribution in [0.25, 0.3) is 0 Å². The Labute approximate surface area is 76.2 Å². The number of carbonyl (C=O) groups excluding carboxylic acids is 1. The van der Waals surface area contributed by atoms with Crippen LogP contribution in [0.4, 0.5) is 0 Å². The molecule has 0 aromatic heterocycles. The molecule has 0 amide bonds. The normalized spacial score (nSPS) is 10.1. The quantitative estimate of drug-likeness (QED) is 0.622. The molecule has 0 atom stereocenters. The van der Waals surface area contributed by atoms with Gasteiger partial charge in [0.1, 0.15) is 5.41 Å². The summed E-state index contributed by atoms with van der Waals surface area (Å²) in [4.78, 5) is 10.9. The SMILES string of the molecule is CCc1cccc(CC(=O)[SiH3])c1. The summed E-state index contributed by atoms with van der Waals surface area (Å²) in [5, 5.41) is 0.364. The van der Waals surface area contributed by atoms with Crippen molar-refractivity contribution in [2.75, 3.05) is 0 Å².